The van der Waals surface area contributed by atoms with Crippen molar-refractivity contribution in [2.75, 3.05) is 26.4 Å². The van der Waals surface area contributed by atoms with E-state index in [0.29, 0.717) is 13.0 Å². The maximum atomic E-state index is 12.6. The van der Waals surface area contributed by atoms with Crippen molar-refractivity contribution < 1.29 is 28.6 Å². The van der Waals surface area contributed by atoms with E-state index in [2.05, 4.69) is 0 Å². The molecule has 0 aromatic rings. The Hall–Kier alpha value is -1.47. The van der Waals surface area contributed by atoms with Gasteiger partial charge in [-0.2, -0.15) is 0 Å². The molecule has 34 heavy (non-hydrogen) atoms. The maximum Gasteiger partial charge on any atom is 0.328 e. The number of hydrogen-bond acceptors (Lipinski definition) is 6. The van der Waals surface area contributed by atoms with Gasteiger partial charge in [0.15, 0.2) is 6.29 Å². The van der Waals surface area contributed by atoms with E-state index >= 15 is 0 Å². The van der Waals surface area contributed by atoms with E-state index in [0.717, 1.165) is 64.6 Å². The second kappa shape index (κ2) is 17.9. The molecule has 2 saturated heterocycles. The van der Waals surface area contributed by atoms with Crippen LogP contribution in [0.1, 0.15) is 116 Å². The minimum atomic E-state index is -0.594. The molecule has 0 N–H and O–H groups in total. The lowest BCUT2D eigenvalue weighted by molar-refractivity contribution is -0.162. The van der Waals surface area contributed by atoms with Crippen molar-refractivity contribution in [3.63, 3.8) is 0 Å². The lowest BCUT2D eigenvalue weighted by atomic mass is 10.0. The molecule has 2 atom stereocenters. The monoisotopic (exact) mass is 481 g/mol. The van der Waals surface area contributed by atoms with Crippen LogP contribution in [-0.2, 0) is 28.6 Å². The van der Waals surface area contributed by atoms with Crippen LogP contribution in [0.3, 0.4) is 0 Å². The SMILES string of the molecule is CCOC(=O)[C@@H]1CCCCN1C(=O)C(=O)CCCCCCCCCCCCOC1CCCCO1. The Bertz CT molecular complexity index is 590. The van der Waals surface area contributed by atoms with Crippen LogP contribution in [0.25, 0.3) is 0 Å². The molecule has 1 amide bonds. The van der Waals surface area contributed by atoms with Gasteiger partial charge in [-0.05, 0) is 58.3 Å². The number of rotatable bonds is 17. The van der Waals surface area contributed by atoms with Gasteiger partial charge in [0.05, 0.1) is 6.61 Å². The molecule has 2 fully saturated rings. The minimum absolute atomic E-state index is 0.0356. The average Bonchev–Trinajstić information content (AvgIpc) is 2.87. The number of esters is 1. The molecular weight excluding hydrogens is 434 g/mol. The number of ketones is 1. The van der Waals surface area contributed by atoms with Gasteiger partial charge < -0.3 is 19.1 Å². The van der Waals surface area contributed by atoms with Gasteiger partial charge in [0, 0.05) is 26.2 Å². The first-order valence-corrected chi connectivity index (χ1v) is 13.9. The number of amides is 1. The summed E-state index contributed by atoms with van der Waals surface area (Å²) in [5, 5.41) is 0. The molecule has 0 saturated carbocycles. The normalized spacial score (nSPS) is 20.8. The van der Waals surface area contributed by atoms with E-state index in [1.54, 1.807) is 6.92 Å². The first-order valence-electron chi connectivity index (χ1n) is 13.9. The third-order valence-electron chi connectivity index (χ3n) is 6.80. The standard InChI is InChI=1S/C27H47NO6/c1-2-32-27(31)23-17-12-14-20-28(23)26(30)24(29)18-11-9-7-5-3-4-6-8-10-15-21-33-25-19-13-16-22-34-25/h23,25H,2-22H2,1H3/t23-,25?/m0/s1. The van der Waals surface area contributed by atoms with Gasteiger partial charge in [0.2, 0.25) is 5.78 Å². The highest BCUT2D eigenvalue weighted by Gasteiger charge is 2.35. The highest BCUT2D eigenvalue weighted by molar-refractivity contribution is 6.36. The van der Waals surface area contributed by atoms with E-state index in [-0.39, 0.29) is 31.1 Å². The van der Waals surface area contributed by atoms with Crippen LogP contribution in [0, 0.1) is 0 Å². The van der Waals surface area contributed by atoms with Crippen LogP contribution in [0.5, 0.6) is 0 Å². The van der Waals surface area contributed by atoms with Crippen molar-refractivity contribution in [2.24, 2.45) is 0 Å². The van der Waals surface area contributed by atoms with Gasteiger partial charge in [-0.1, -0.05) is 51.4 Å². The van der Waals surface area contributed by atoms with Crippen molar-refractivity contribution in [1.82, 2.24) is 4.90 Å². The zero-order valence-electron chi connectivity index (χ0n) is 21.4. The summed E-state index contributed by atoms with van der Waals surface area (Å²) in [7, 11) is 0. The van der Waals surface area contributed by atoms with Gasteiger partial charge in [-0.3, -0.25) is 9.59 Å². The number of nitrogens with zero attached hydrogens (tertiary/aromatic N) is 1. The summed E-state index contributed by atoms with van der Waals surface area (Å²) in [5.74, 6) is -1.25. The summed E-state index contributed by atoms with van der Waals surface area (Å²) < 4.78 is 16.4. The van der Waals surface area contributed by atoms with Crippen LogP contribution in [-0.4, -0.2) is 61.3 Å². The minimum Gasteiger partial charge on any atom is -0.464 e. The van der Waals surface area contributed by atoms with E-state index in [1.165, 1.54) is 49.8 Å². The molecule has 0 spiro atoms. The molecule has 7 nitrogen and oxygen atoms in total. The van der Waals surface area contributed by atoms with Crippen LogP contribution in [0.2, 0.25) is 0 Å². The lowest BCUT2D eigenvalue weighted by Crippen LogP contribution is -2.51. The Kier molecular flexibility index (Phi) is 15.1. The van der Waals surface area contributed by atoms with Gasteiger partial charge in [-0.15, -0.1) is 0 Å². The Morgan fingerprint density at radius 2 is 1.47 bits per heavy atom. The summed E-state index contributed by atoms with van der Waals surface area (Å²) in [4.78, 5) is 38.5. The molecule has 7 heteroatoms. The average molecular weight is 482 g/mol. The zero-order chi connectivity index (χ0) is 24.4. The fourth-order valence-electron chi connectivity index (χ4n) is 4.78. The Morgan fingerprint density at radius 3 is 2.12 bits per heavy atom. The summed E-state index contributed by atoms with van der Waals surface area (Å²) >= 11 is 0. The second-order valence-electron chi connectivity index (χ2n) is 9.64. The fraction of sp³-hybridized carbons (Fsp3) is 0.889. The Balaban J connectivity index is 1.42. The number of likely N-dealkylation sites (tertiary alicyclic amines) is 1. The molecule has 2 aliphatic rings. The molecule has 1 unspecified atom stereocenters. The van der Waals surface area contributed by atoms with Gasteiger partial charge in [0.1, 0.15) is 6.04 Å². The first kappa shape index (κ1) is 28.8. The molecule has 0 aromatic carbocycles. The van der Waals surface area contributed by atoms with Crippen molar-refractivity contribution in [3.05, 3.63) is 0 Å². The Labute approximate surface area is 206 Å². The number of unbranched alkanes of at least 4 members (excludes halogenated alkanes) is 9. The smallest absolute Gasteiger partial charge is 0.328 e. The predicted octanol–water partition coefficient (Wildman–Crippen LogP) is 5.33. The van der Waals surface area contributed by atoms with Crippen LogP contribution in [0.15, 0.2) is 0 Å². The van der Waals surface area contributed by atoms with Gasteiger partial charge >= 0.3 is 5.97 Å². The van der Waals surface area contributed by atoms with Crippen molar-refractivity contribution in [3.8, 4) is 0 Å². The molecule has 196 valence electrons. The molecule has 0 aliphatic carbocycles. The van der Waals surface area contributed by atoms with E-state index in [1.807, 2.05) is 0 Å². The van der Waals surface area contributed by atoms with Crippen LogP contribution >= 0.6 is 0 Å². The molecule has 2 aliphatic heterocycles. The number of carbonyl (C=O) groups excluding carboxylic acids is 3. The summed E-state index contributed by atoms with van der Waals surface area (Å²) in [6.45, 7) is 4.16. The first-order chi connectivity index (χ1) is 16.6. The fourth-order valence-corrected chi connectivity index (χ4v) is 4.78. The highest BCUT2D eigenvalue weighted by Crippen LogP contribution is 2.20. The van der Waals surface area contributed by atoms with Gasteiger partial charge in [0.25, 0.3) is 5.91 Å². The van der Waals surface area contributed by atoms with Crippen molar-refractivity contribution in [2.45, 2.75) is 128 Å². The van der Waals surface area contributed by atoms with E-state index < -0.39 is 11.9 Å². The van der Waals surface area contributed by atoms with Gasteiger partial charge in [-0.25, -0.2) is 4.79 Å². The van der Waals surface area contributed by atoms with Crippen molar-refractivity contribution in [1.29, 1.82) is 0 Å². The molecule has 2 rings (SSSR count). The van der Waals surface area contributed by atoms with E-state index in [4.69, 9.17) is 14.2 Å². The predicted molar refractivity (Wildman–Crippen MR) is 131 cm³/mol. The molecule has 0 bridgehead atoms. The number of Topliss-reactive ketones (excluding diaryl/α,β-unsaturated/α-hetero) is 1. The summed E-state index contributed by atoms with van der Waals surface area (Å²) in [5.41, 5.74) is 0. The number of ether oxygens (including phenoxy) is 3. The van der Waals surface area contributed by atoms with Crippen LogP contribution < -0.4 is 0 Å². The number of piperidine rings is 1. The van der Waals surface area contributed by atoms with E-state index in [9.17, 15) is 14.4 Å². The third kappa shape index (κ3) is 11.3. The summed E-state index contributed by atoms with van der Waals surface area (Å²) in [6, 6.07) is -0.594. The third-order valence-corrected chi connectivity index (χ3v) is 6.80. The topological polar surface area (TPSA) is 82.1 Å². The maximum absolute atomic E-state index is 12.6. The number of carbonyl (C=O) groups is 3. The molecular formula is C27H47NO6. The molecule has 0 aromatic heterocycles. The molecule has 0 radical (unpaired) electrons. The zero-order valence-corrected chi connectivity index (χ0v) is 21.4. The largest absolute Gasteiger partial charge is 0.464 e. The quantitative estimate of drug-likeness (QED) is 0.159. The van der Waals surface area contributed by atoms with Crippen LogP contribution in [0.4, 0.5) is 0 Å². The molecule has 2 heterocycles. The van der Waals surface area contributed by atoms with Crippen molar-refractivity contribution >= 4 is 17.7 Å². The Morgan fingerprint density at radius 1 is 0.824 bits per heavy atom. The summed E-state index contributed by atoms with van der Waals surface area (Å²) in [6.07, 6.45) is 17.4. The highest BCUT2D eigenvalue weighted by atomic mass is 16.7. The lowest BCUT2D eigenvalue weighted by Gasteiger charge is -2.33. The second-order valence-corrected chi connectivity index (χ2v) is 9.64. The number of hydrogen-bond donors (Lipinski definition) is 0.